The highest BCUT2D eigenvalue weighted by atomic mass is 16.5. The minimum absolute atomic E-state index is 0.0391. The molecule has 1 rings (SSSR count). The topological polar surface area (TPSA) is 44.5 Å². The van der Waals surface area contributed by atoms with Gasteiger partial charge < -0.3 is 15.2 Å². The first-order valence-corrected chi connectivity index (χ1v) is 6.87. The van der Waals surface area contributed by atoms with Crippen molar-refractivity contribution in [3.05, 3.63) is 0 Å². The molecule has 0 bridgehead atoms. The second kappa shape index (κ2) is 6.72. The Morgan fingerprint density at radius 2 is 1.59 bits per heavy atom. The van der Waals surface area contributed by atoms with Crippen LogP contribution in [0, 0.1) is 5.41 Å². The van der Waals surface area contributed by atoms with Crippen LogP contribution in [0.15, 0.2) is 0 Å². The van der Waals surface area contributed by atoms with Crippen molar-refractivity contribution in [1.82, 2.24) is 0 Å². The van der Waals surface area contributed by atoms with Crippen LogP contribution >= 0.6 is 0 Å². The third-order valence-electron chi connectivity index (χ3n) is 4.04. The molecule has 3 heteroatoms. The van der Waals surface area contributed by atoms with Gasteiger partial charge in [-0.05, 0) is 43.9 Å². The molecule has 0 aromatic heterocycles. The first-order valence-electron chi connectivity index (χ1n) is 6.87. The van der Waals surface area contributed by atoms with E-state index in [4.69, 9.17) is 15.2 Å². The van der Waals surface area contributed by atoms with Crippen molar-refractivity contribution >= 4 is 0 Å². The van der Waals surface area contributed by atoms with Gasteiger partial charge in [-0.15, -0.1) is 0 Å². The predicted octanol–water partition coefficient (Wildman–Crippen LogP) is 2.73. The SMILES string of the molecule is COCCCCOC1(CN)CCC(C)(C)CC1. The van der Waals surface area contributed by atoms with Crippen LogP contribution in [0.2, 0.25) is 0 Å². The van der Waals surface area contributed by atoms with E-state index in [0.29, 0.717) is 12.0 Å². The third kappa shape index (κ3) is 4.94. The fourth-order valence-corrected chi connectivity index (χ4v) is 2.43. The standard InChI is InChI=1S/C14H29NO2/c1-13(2)6-8-14(12-15,9-7-13)17-11-5-4-10-16-3/h4-12,15H2,1-3H3. The molecule has 0 heterocycles. The average Bonchev–Trinajstić information content (AvgIpc) is 2.32. The maximum atomic E-state index is 6.08. The van der Waals surface area contributed by atoms with Crippen molar-refractivity contribution in [2.45, 2.75) is 58.0 Å². The summed E-state index contributed by atoms with van der Waals surface area (Å²) in [7, 11) is 1.74. The van der Waals surface area contributed by atoms with Crippen molar-refractivity contribution < 1.29 is 9.47 Å². The third-order valence-corrected chi connectivity index (χ3v) is 4.04. The van der Waals surface area contributed by atoms with E-state index in [1.165, 1.54) is 12.8 Å². The van der Waals surface area contributed by atoms with E-state index < -0.39 is 0 Å². The monoisotopic (exact) mass is 243 g/mol. The summed E-state index contributed by atoms with van der Waals surface area (Å²) < 4.78 is 11.1. The Balaban J connectivity index is 2.27. The van der Waals surface area contributed by atoms with Gasteiger partial charge in [-0.25, -0.2) is 0 Å². The van der Waals surface area contributed by atoms with Gasteiger partial charge in [-0.1, -0.05) is 13.8 Å². The molecule has 3 nitrogen and oxygen atoms in total. The normalized spacial score (nSPS) is 22.6. The van der Waals surface area contributed by atoms with Crippen molar-refractivity contribution in [1.29, 1.82) is 0 Å². The number of hydrogen-bond acceptors (Lipinski definition) is 3. The average molecular weight is 243 g/mol. The molecule has 1 aliphatic carbocycles. The number of unbranched alkanes of at least 4 members (excludes halogenated alkanes) is 1. The molecule has 1 aliphatic rings. The molecule has 0 aliphatic heterocycles. The van der Waals surface area contributed by atoms with Crippen molar-refractivity contribution in [2.24, 2.45) is 11.1 Å². The molecular weight excluding hydrogens is 214 g/mol. The molecule has 0 saturated heterocycles. The number of methoxy groups -OCH3 is 1. The van der Waals surface area contributed by atoms with E-state index >= 15 is 0 Å². The van der Waals surface area contributed by atoms with Crippen LogP contribution in [0.1, 0.15) is 52.4 Å². The lowest BCUT2D eigenvalue weighted by Gasteiger charge is -2.42. The number of nitrogens with two attached hydrogens (primary N) is 1. The summed E-state index contributed by atoms with van der Waals surface area (Å²) in [6.07, 6.45) is 6.81. The van der Waals surface area contributed by atoms with E-state index in [0.717, 1.165) is 38.9 Å². The highest BCUT2D eigenvalue weighted by Crippen LogP contribution is 2.41. The smallest absolute Gasteiger partial charge is 0.0804 e. The van der Waals surface area contributed by atoms with Crippen LogP contribution in [-0.4, -0.2) is 32.5 Å². The van der Waals surface area contributed by atoms with Gasteiger partial charge in [0.1, 0.15) is 0 Å². The first-order chi connectivity index (χ1) is 8.04. The molecule has 0 atom stereocenters. The van der Waals surface area contributed by atoms with Crippen LogP contribution in [0.3, 0.4) is 0 Å². The summed E-state index contributed by atoms with van der Waals surface area (Å²) in [5.74, 6) is 0. The molecule has 2 N–H and O–H groups in total. The molecule has 0 amide bonds. The van der Waals surface area contributed by atoms with Gasteiger partial charge in [0.05, 0.1) is 5.60 Å². The lowest BCUT2D eigenvalue weighted by Crippen LogP contribution is -2.45. The zero-order valence-corrected chi connectivity index (χ0v) is 11.8. The molecule has 1 fully saturated rings. The molecule has 0 aromatic carbocycles. The van der Waals surface area contributed by atoms with Crippen LogP contribution in [-0.2, 0) is 9.47 Å². The van der Waals surface area contributed by atoms with Crippen LogP contribution < -0.4 is 5.73 Å². The van der Waals surface area contributed by atoms with E-state index in [1.54, 1.807) is 7.11 Å². The summed E-state index contributed by atoms with van der Waals surface area (Å²) in [4.78, 5) is 0. The van der Waals surface area contributed by atoms with Gasteiger partial charge in [0.15, 0.2) is 0 Å². The molecule has 0 unspecified atom stereocenters. The number of ether oxygens (including phenoxy) is 2. The van der Waals surface area contributed by atoms with Crippen LogP contribution in [0.5, 0.6) is 0 Å². The van der Waals surface area contributed by atoms with Crippen molar-refractivity contribution in [2.75, 3.05) is 26.9 Å². The summed E-state index contributed by atoms with van der Waals surface area (Å²) in [6.45, 7) is 6.98. The quantitative estimate of drug-likeness (QED) is 0.699. The largest absolute Gasteiger partial charge is 0.385 e. The Morgan fingerprint density at radius 1 is 1.00 bits per heavy atom. The fourth-order valence-electron chi connectivity index (χ4n) is 2.43. The van der Waals surface area contributed by atoms with Gasteiger partial charge in [0.2, 0.25) is 0 Å². The minimum atomic E-state index is -0.0391. The predicted molar refractivity (Wildman–Crippen MR) is 71.1 cm³/mol. The second-order valence-corrected chi connectivity index (χ2v) is 6.10. The van der Waals surface area contributed by atoms with E-state index in [2.05, 4.69) is 13.8 Å². The molecule has 0 spiro atoms. The maximum absolute atomic E-state index is 6.08. The number of hydrogen-bond donors (Lipinski definition) is 1. The zero-order chi connectivity index (χ0) is 12.8. The molecule has 1 saturated carbocycles. The Kier molecular flexibility index (Phi) is 5.90. The van der Waals surface area contributed by atoms with E-state index in [9.17, 15) is 0 Å². The maximum Gasteiger partial charge on any atom is 0.0804 e. The Hall–Kier alpha value is -0.120. The van der Waals surface area contributed by atoms with Crippen molar-refractivity contribution in [3.63, 3.8) is 0 Å². The van der Waals surface area contributed by atoms with E-state index in [-0.39, 0.29) is 5.60 Å². The summed E-state index contributed by atoms with van der Waals surface area (Å²) >= 11 is 0. The zero-order valence-electron chi connectivity index (χ0n) is 11.8. The summed E-state index contributed by atoms with van der Waals surface area (Å²) in [5.41, 5.74) is 6.35. The summed E-state index contributed by atoms with van der Waals surface area (Å²) in [6, 6.07) is 0. The lowest BCUT2D eigenvalue weighted by molar-refractivity contribution is -0.0828. The highest BCUT2D eigenvalue weighted by Gasteiger charge is 2.37. The van der Waals surface area contributed by atoms with Gasteiger partial charge in [0.25, 0.3) is 0 Å². The van der Waals surface area contributed by atoms with Gasteiger partial charge in [-0.2, -0.15) is 0 Å². The first kappa shape index (κ1) is 14.9. The van der Waals surface area contributed by atoms with Crippen molar-refractivity contribution in [3.8, 4) is 0 Å². The molecule has 102 valence electrons. The van der Waals surface area contributed by atoms with Gasteiger partial charge >= 0.3 is 0 Å². The molecule has 0 radical (unpaired) electrons. The number of rotatable bonds is 7. The molecule has 17 heavy (non-hydrogen) atoms. The lowest BCUT2D eigenvalue weighted by atomic mass is 9.71. The second-order valence-electron chi connectivity index (χ2n) is 6.10. The Morgan fingerprint density at radius 3 is 2.12 bits per heavy atom. The summed E-state index contributed by atoms with van der Waals surface area (Å²) in [5, 5.41) is 0. The molecular formula is C14H29NO2. The van der Waals surface area contributed by atoms with Crippen LogP contribution in [0.4, 0.5) is 0 Å². The van der Waals surface area contributed by atoms with E-state index in [1.807, 2.05) is 0 Å². The highest BCUT2D eigenvalue weighted by molar-refractivity contribution is 4.91. The Bertz CT molecular complexity index is 206. The van der Waals surface area contributed by atoms with Gasteiger partial charge in [0, 0.05) is 26.9 Å². The minimum Gasteiger partial charge on any atom is -0.385 e. The Labute approximate surface area is 106 Å². The molecule has 0 aromatic rings. The van der Waals surface area contributed by atoms with Crippen LogP contribution in [0.25, 0.3) is 0 Å². The fraction of sp³-hybridized carbons (Fsp3) is 1.00. The van der Waals surface area contributed by atoms with Gasteiger partial charge in [-0.3, -0.25) is 0 Å².